The van der Waals surface area contributed by atoms with Crippen molar-refractivity contribution in [1.82, 2.24) is 5.32 Å². The molecule has 11 heteroatoms. The van der Waals surface area contributed by atoms with Crippen LogP contribution in [0.4, 0.5) is 32.0 Å². The Bertz CT molecular complexity index is 1310. The van der Waals surface area contributed by atoms with E-state index in [1.165, 1.54) is 36.4 Å². The highest BCUT2D eigenvalue weighted by Gasteiger charge is 2.36. The van der Waals surface area contributed by atoms with Gasteiger partial charge >= 0.3 is 6.18 Å². The number of carbonyl (C=O) groups is 2. The fourth-order valence-corrected chi connectivity index (χ4v) is 4.24. The first kappa shape index (κ1) is 23.8. The Morgan fingerprint density at radius 3 is 2.44 bits per heavy atom. The van der Waals surface area contributed by atoms with Gasteiger partial charge in [0.1, 0.15) is 5.82 Å². The molecule has 0 unspecified atom stereocenters. The number of carbonyl (C=O) groups excluding carboxylic acids is 2. The smallest absolute Gasteiger partial charge is 0.341 e. The van der Waals surface area contributed by atoms with Crippen molar-refractivity contribution in [3.63, 3.8) is 0 Å². The van der Waals surface area contributed by atoms with Crippen LogP contribution in [0.2, 0.25) is 0 Å². The zero-order chi connectivity index (χ0) is 24.8. The third-order valence-corrected chi connectivity index (χ3v) is 5.69. The van der Waals surface area contributed by atoms with Gasteiger partial charge in [0, 0.05) is 32.4 Å². The molecule has 4 rings (SSSR count). The van der Waals surface area contributed by atoms with Gasteiger partial charge in [0.05, 0.1) is 11.6 Å². The van der Waals surface area contributed by atoms with Gasteiger partial charge in [-0.1, -0.05) is 40.2 Å². The van der Waals surface area contributed by atoms with E-state index in [4.69, 9.17) is 0 Å². The molecule has 0 fully saturated rings. The second kappa shape index (κ2) is 8.79. The van der Waals surface area contributed by atoms with Gasteiger partial charge in [-0.15, -0.1) is 0 Å². The van der Waals surface area contributed by atoms with Gasteiger partial charge < -0.3 is 10.6 Å². The van der Waals surface area contributed by atoms with Crippen molar-refractivity contribution in [3.8, 4) is 0 Å². The molecule has 34 heavy (non-hydrogen) atoms. The summed E-state index contributed by atoms with van der Waals surface area (Å²) in [6, 6.07) is 8.64. The van der Waals surface area contributed by atoms with Gasteiger partial charge in [0.15, 0.2) is 0 Å². The van der Waals surface area contributed by atoms with Gasteiger partial charge in [-0.25, -0.2) is 13.2 Å². The molecule has 0 aromatic heterocycles. The Morgan fingerprint density at radius 1 is 1.06 bits per heavy atom. The van der Waals surface area contributed by atoms with Crippen molar-refractivity contribution in [2.24, 2.45) is 0 Å². The monoisotopic (exact) mass is 542 g/mol. The minimum Gasteiger partial charge on any atom is -0.341 e. The highest BCUT2D eigenvalue weighted by atomic mass is 79.9. The number of fused-ring (bicyclic) bond motifs is 1. The van der Waals surface area contributed by atoms with Crippen LogP contribution in [0.3, 0.4) is 0 Å². The summed E-state index contributed by atoms with van der Waals surface area (Å²) in [5.74, 6) is -2.93. The van der Waals surface area contributed by atoms with E-state index in [0.717, 1.165) is 0 Å². The summed E-state index contributed by atoms with van der Waals surface area (Å²) in [5, 5.41) is 4.99. The SMILES string of the molecule is O=C(Nc1cc(Br)cc2c1[C@H](c1ccccc1C(F)F)NC2=O)c1cc(F)cc(C(F)(F)F)c1. The van der Waals surface area contributed by atoms with Gasteiger partial charge in [0.2, 0.25) is 0 Å². The van der Waals surface area contributed by atoms with Crippen LogP contribution in [0.5, 0.6) is 0 Å². The normalized spacial score (nSPS) is 15.3. The third-order valence-electron chi connectivity index (χ3n) is 5.23. The molecular weight excluding hydrogens is 530 g/mol. The molecule has 1 atom stereocenters. The Balaban J connectivity index is 1.79. The van der Waals surface area contributed by atoms with Gasteiger partial charge in [-0.3, -0.25) is 9.59 Å². The van der Waals surface area contributed by atoms with E-state index in [-0.39, 0.29) is 34.0 Å². The summed E-state index contributed by atoms with van der Waals surface area (Å²) in [7, 11) is 0. The summed E-state index contributed by atoms with van der Waals surface area (Å²) in [5.41, 5.74) is -1.98. The second-order valence-electron chi connectivity index (χ2n) is 7.43. The molecule has 0 bridgehead atoms. The summed E-state index contributed by atoms with van der Waals surface area (Å²) >= 11 is 3.19. The Hall–Kier alpha value is -3.34. The van der Waals surface area contributed by atoms with Gasteiger partial charge in [-0.05, 0) is 35.9 Å². The average molecular weight is 543 g/mol. The lowest BCUT2D eigenvalue weighted by molar-refractivity contribution is -0.137. The van der Waals surface area contributed by atoms with E-state index in [2.05, 4.69) is 26.6 Å². The summed E-state index contributed by atoms with van der Waals surface area (Å²) in [6.07, 6.45) is -7.73. The molecule has 2 N–H and O–H groups in total. The number of halogens is 7. The van der Waals surface area contributed by atoms with E-state index in [1.54, 1.807) is 0 Å². The van der Waals surface area contributed by atoms with Crippen molar-refractivity contribution >= 4 is 33.4 Å². The predicted octanol–water partition coefficient (Wildman–Crippen LogP) is 6.63. The standard InChI is InChI=1S/C23H13BrF6N2O2/c24-12-8-16-18(19(32-22(16)34)14-3-1-2-4-15(14)20(26)27)17(9-12)31-21(33)10-5-11(23(28,29)30)7-13(25)6-10/h1-9,19-20H,(H,31,33)(H,32,34)/t19-/m0/s1. The maximum Gasteiger partial charge on any atom is 0.416 e. The number of anilines is 1. The van der Waals surface area contributed by atoms with E-state index in [9.17, 15) is 35.9 Å². The fourth-order valence-electron chi connectivity index (χ4n) is 3.79. The quantitative estimate of drug-likeness (QED) is 0.363. The maximum atomic E-state index is 13.8. The maximum absolute atomic E-state index is 13.8. The second-order valence-corrected chi connectivity index (χ2v) is 8.35. The third kappa shape index (κ3) is 4.52. The van der Waals surface area contributed by atoms with Crippen LogP contribution in [-0.2, 0) is 6.18 Å². The number of rotatable bonds is 4. The molecule has 1 heterocycles. The molecule has 2 amide bonds. The predicted molar refractivity (Wildman–Crippen MR) is 114 cm³/mol. The van der Waals surface area contributed by atoms with E-state index >= 15 is 0 Å². The molecule has 0 spiro atoms. The van der Waals surface area contributed by atoms with Crippen LogP contribution < -0.4 is 10.6 Å². The van der Waals surface area contributed by atoms with Crippen LogP contribution in [0.1, 0.15) is 55.4 Å². The molecule has 3 aromatic carbocycles. The van der Waals surface area contributed by atoms with Crippen molar-refractivity contribution < 1.29 is 35.9 Å². The largest absolute Gasteiger partial charge is 0.416 e. The van der Waals surface area contributed by atoms with E-state index < -0.39 is 47.4 Å². The average Bonchev–Trinajstić information content (AvgIpc) is 3.09. The number of hydrogen-bond donors (Lipinski definition) is 2. The topological polar surface area (TPSA) is 58.2 Å². The summed E-state index contributed by atoms with van der Waals surface area (Å²) < 4.78 is 80.5. The molecule has 4 nitrogen and oxygen atoms in total. The Kier molecular flexibility index (Phi) is 6.15. The van der Waals surface area contributed by atoms with E-state index in [1.807, 2.05) is 0 Å². The molecular formula is C23H13BrF6N2O2. The number of hydrogen-bond acceptors (Lipinski definition) is 2. The number of benzene rings is 3. The molecule has 0 saturated heterocycles. The summed E-state index contributed by atoms with van der Waals surface area (Å²) in [6.45, 7) is 0. The lowest BCUT2D eigenvalue weighted by Crippen LogP contribution is -2.22. The van der Waals surface area contributed by atoms with Crippen molar-refractivity contribution in [1.29, 1.82) is 0 Å². The van der Waals surface area contributed by atoms with Gasteiger partial charge in [0.25, 0.3) is 18.2 Å². The Labute approximate surface area is 197 Å². The summed E-state index contributed by atoms with van der Waals surface area (Å²) in [4.78, 5) is 25.4. The van der Waals surface area contributed by atoms with Crippen LogP contribution in [0.25, 0.3) is 0 Å². The molecule has 1 aliphatic heterocycles. The molecule has 1 aliphatic rings. The minimum atomic E-state index is -4.88. The molecule has 0 aliphatic carbocycles. The molecule has 0 radical (unpaired) electrons. The van der Waals surface area contributed by atoms with Crippen molar-refractivity contribution in [2.75, 3.05) is 5.32 Å². The first-order chi connectivity index (χ1) is 16.0. The zero-order valence-corrected chi connectivity index (χ0v) is 18.4. The van der Waals surface area contributed by atoms with E-state index in [0.29, 0.717) is 16.6 Å². The van der Waals surface area contributed by atoms with Crippen LogP contribution in [0, 0.1) is 5.82 Å². The first-order valence-electron chi connectivity index (χ1n) is 9.66. The highest BCUT2D eigenvalue weighted by molar-refractivity contribution is 9.10. The lowest BCUT2D eigenvalue weighted by Gasteiger charge is -2.20. The lowest BCUT2D eigenvalue weighted by atomic mass is 9.93. The van der Waals surface area contributed by atoms with Crippen molar-refractivity contribution in [2.45, 2.75) is 18.6 Å². The molecule has 3 aromatic rings. The number of amides is 2. The highest BCUT2D eigenvalue weighted by Crippen LogP contribution is 2.41. The van der Waals surface area contributed by atoms with Crippen LogP contribution in [0.15, 0.2) is 59.1 Å². The van der Waals surface area contributed by atoms with Crippen LogP contribution in [-0.4, -0.2) is 11.8 Å². The first-order valence-corrected chi connectivity index (χ1v) is 10.5. The Morgan fingerprint density at radius 2 is 1.76 bits per heavy atom. The number of nitrogens with one attached hydrogen (secondary N) is 2. The molecule has 0 saturated carbocycles. The van der Waals surface area contributed by atoms with Crippen LogP contribution >= 0.6 is 15.9 Å². The molecule has 176 valence electrons. The number of alkyl halides is 5. The van der Waals surface area contributed by atoms with Crippen molar-refractivity contribution in [3.05, 3.63) is 98.3 Å². The zero-order valence-electron chi connectivity index (χ0n) is 16.8. The van der Waals surface area contributed by atoms with Gasteiger partial charge in [-0.2, -0.15) is 13.2 Å². The minimum absolute atomic E-state index is 0.0142. The fraction of sp³-hybridized carbons (Fsp3) is 0.130.